The monoisotopic (exact) mass is 313 g/mol. The summed E-state index contributed by atoms with van der Waals surface area (Å²) in [6.07, 6.45) is 2.96. The molecule has 0 aliphatic carbocycles. The lowest BCUT2D eigenvalue weighted by molar-refractivity contribution is 0.284. The number of aromatic nitrogens is 1. The highest BCUT2D eigenvalue weighted by atomic mass is 16.5. The molecule has 1 aliphatic heterocycles. The van der Waals surface area contributed by atoms with Crippen molar-refractivity contribution < 1.29 is 9.84 Å². The van der Waals surface area contributed by atoms with E-state index in [2.05, 4.69) is 20.9 Å². The molecule has 0 unspecified atom stereocenters. The van der Waals surface area contributed by atoms with E-state index in [1.807, 2.05) is 30.5 Å². The SMILES string of the molecule is COc1cc(CN2CCCN(c3ccccn3)CC2)ccc1O. The smallest absolute Gasteiger partial charge is 0.160 e. The van der Waals surface area contributed by atoms with Crippen LogP contribution in [0.3, 0.4) is 0 Å². The molecule has 2 aromatic rings. The minimum Gasteiger partial charge on any atom is -0.504 e. The first-order chi connectivity index (χ1) is 11.3. The van der Waals surface area contributed by atoms with E-state index >= 15 is 0 Å². The number of benzene rings is 1. The van der Waals surface area contributed by atoms with E-state index in [0.717, 1.165) is 50.5 Å². The molecule has 3 rings (SSSR count). The van der Waals surface area contributed by atoms with Crippen LogP contribution < -0.4 is 9.64 Å². The third-order valence-corrected chi connectivity index (χ3v) is 4.21. The van der Waals surface area contributed by atoms with Crippen LogP contribution in [0.5, 0.6) is 11.5 Å². The maximum Gasteiger partial charge on any atom is 0.160 e. The van der Waals surface area contributed by atoms with Gasteiger partial charge in [-0.15, -0.1) is 0 Å². The summed E-state index contributed by atoms with van der Waals surface area (Å²) in [5, 5.41) is 9.69. The van der Waals surface area contributed by atoms with Crippen molar-refractivity contribution in [2.75, 3.05) is 38.2 Å². The van der Waals surface area contributed by atoms with Crippen molar-refractivity contribution in [2.45, 2.75) is 13.0 Å². The molecule has 1 aromatic carbocycles. The van der Waals surface area contributed by atoms with Crippen molar-refractivity contribution in [3.8, 4) is 11.5 Å². The summed E-state index contributed by atoms with van der Waals surface area (Å²) >= 11 is 0. The number of hydrogen-bond donors (Lipinski definition) is 1. The Kier molecular flexibility index (Phi) is 4.98. The Labute approximate surface area is 137 Å². The van der Waals surface area contributed by atoms with Gasteiger partial charge in [-0.1, -0.05) is 12.1 Å². The van der Waals surface area contributed by atoms with Crippen LogP contribution in [0.4, 0.5) is 5.82 Å². The quantitative estimate of drug-likeness (QED) is 0.940. The first kappa shape index (κ1) is 15.6. The van der Waals surface area contributed by atoms with Gasteiger partial charge in [0.2, 0.25) is 0 Å². The first-order valence-electron chi connectivity index (χ1n) is 8.00. The minimum absolute atomic E-state index is 0.188. The van der Waals surface area contributed by atoms with Gasteiger partial charge in [0, 0.05) is 38.9 Å². The zero-order valence-electron chi connectivity index (χ0n) is 13.5. The molecule has 122 valence electrons. The Balaban J connectivity index is 1.62. The molecule has 1 aromatic heterocycles. The Morgan fingerprint density at radius 3 is 2.83 bits per heavy atom. The third-order valence-electron chi connectivity index (χ3n) is 4.21. The van der Waals surface area contributed by atoms with E-state index in [-0.39, 0.29) is 5.75 Å². The number of phenolic OH excluding ortho intramolecular Hbond substituents is 1. The number of rotatable bonds is 4. The van der Waals surface area contributed by atoms with Gasteiger partial charge in [0.05, 0.1) is 7.11 Å². The molecule has 0 amide bonds. The summed E-state index contributed by atoms with van der Waals surface area (Å²) in [7, 11) is 1.58. The molecule has 5 heteroatoms. The van der Waals surface area contributed by atoms with Gasteiger partial charge in [-0.2, -0.15) is 0 Å². The molecular weight excluding hydrogens is 290 g/mol. The van der Waals surface area contributed by atoms with E-state index in [1.54, 1.807) is 13.2 Å². The predicted octanol–water partition coefficient (Wildman–Crippen LogP) is 2.51. The van der Waals surface area contributed by atoms with Crippen molar-refractivity contribution in [3.05, 3.63) is 48.2 Å². The molecule has 5 nitrogen and oxygen atoms in total. The van der Waals surface area contributed by atoms with Gasteiger partial charge in [-0.05, 0) is 36.2 Å². The molecule has 1 N–H and O–H groups in total. The van der Waals surface area contributed by atoms with Crippen molar-refractivity contribution in [1.82, 2.24) is 9.88 Å². The van der Waals surface area contributed by atoms with E-state index in [0.29, 0.717) is 5.75 Å². The molecule has 2 heterocycles. The standard InChI is InChI=1S/C18H23N3O2/c1-23-17-13-15(6-7-16(17)22)14-20-9-4-10-21(12-11-20)18-5-2-3-8-19-18/h2-3,5-8,13,22H,4,9-12,14H2,1H3. The van der Waals surface area contributed by atoms with Crippen molar-refractivity contribution >= 4 is 5.82 Å². The second-order valence-corrected chi connectivity index (χ2v) is 5.81. The molecule has 0 spiro atoms. The lowest BCUT2D eigenvalue weighted by Gasteiger charge is -2.22. The highest BCUT2D eigenvalue weighted by molar-refractivity contribution is 5.42. The highest BCUT2D eigenvalue weighted by Crippen LogP contribution is 2.27. The number of pyridine rings is 1. The molecule has 0 atom stereocenters. The summed E-state index contributed by atoms with van der Waals surface area (Å²) in [6, 6.07) is 11.6. The van der Waals surface area contributed by atoms with Gasteiger partial charge >= 0.3 is 0 Å². The molecule has 0 bridgehead atoms. The summed E-state index contributed by atoms with van der Waals surface area (Å²) in [6.45, 7) is 4.94. The van der Waals surface area contributed by atoms with Crippen LogP contribution in [0, 0.1) is 0 Å². The summed E-state index contributed by atoms with van der Waals surface area (Å²) in [5.41, 5.74) is 1.16. The average Bonchev–Trinajstić information content (AvgIpc) is 2.83. The van der Waals surface area contributed by atoms with Crippen molar-refractivity contribution in [1.29, 1.82) is 0 Å². The topological polar surface area (TPSA) is 48.8 Å². The van der Waals surface area contributed by atoms with Crippen LogP contribution in [0.25, 0.3) is 0 Å². The van der Waals surface area contributed by atoms with Gasteiger partial charge in [0.15, 0.2) is 11.5 Å². The van der Waals surface area contributed by atoms with Gasteiger partial charge in [0.1, 0.15) is 5.82 Å². The number of hydrogen-bond acceptors (Lipinski definition) is 5. The van der Waals surface area contributed by atoms with Crippen LogP contribution in [-0.2, 0) is 6.54 Å². The Hall–Kier alpha value is -2.27. The lowest BCUT2D eigenvalue weighted by atomic mass is 10.2. The molecule has 1 aliphatic rings. The maximum atomic E-state index is 9.69. The predicted molar refractivity (Wildman–Crippen MR) is 91.0 cm³/mol. The largest absolute Gasteiger partial charge is 0.504 e. The Bertz CT molecular complexity index is 633. The van der Waals surface area contributed by atoms with Gasteiger partial charge in [0.25, 0.3) is 0 Å². The van der Waals surface area contributed by atoms with Crippen molar-refractivity contribution in [2.24, 2.45) is 0 Å². The Morgan fingerprint density at radius 1 is 1.13 bits per heavy atom. The van der Waals surface area contributed by atoms with Crippen LogP contribution in [0.2, 0.25) is 0 Å². The molecule has 1 saturated heterocycles. The fourth-order valence-corrected chi connectivity index (χ4v) is 2.98. The van der Waals surface area contributed by atoms with Crippen LogP contribution >= 0.6 is 0 Å². The first-order valence-corrected chi connectivity index (χ1v) is 8.00. The van der Waals surface area contributed by atoms with Crippen LogP contribution in [0.1, 0.15) is 12.0 Å². The van der Waals surface area contributed by atoms with E-state index < -0.39 is 0 Å². The van der Waals surface area contributed by atoms with E-state index in [9.17, 15) is 5.11 Å². The van der Waals surface area contributed by atoms with Gasteiger partial charge in [-0.3, -0.25) is 4.90 Å². The van der Waals surface area contributed by atoms with Crippen molar-refractivity contribution in [3.63, 3.8) is 0 Å². The number of methoxy groups -OCH3 is 1. The fourth-order valence-electron chi connectivity index (χ4n) is 2.98. The van der Waals surface area contributed by atoms with Gasteiger partial charge < -0.3 is 14.7 Å². The maximum absolute atomic E-state index is 9.69. The molecule has 0 radical (unpaired) electrons. The summed E-state index contributed by atoms with van der Waals surface area (Å²) in [5.74, 6) is 1.78. The third kappa shape index (κ3) is 3.93. The van der Waals surface area contributed by atoms with Crippen LogP contribution in [0.15, 0.2) is 42.6 Å². The minimum atomic E-state index is 0.188. The zero-order valence-corrected chi connectivity index (χ0v) is 13.5. The van der Waals surface area contributed by atoms with Gasteiger partial charge in [-0.25, -0.2) is 4.98 Å². The molecule has 23 heavy (non-hydrogen) atoms. The van der Waals surface area contributed by atoms with E-state index in [4.69, 9.17) is 4.74 Å². The fraction of sp³-hybridized carbons (Fsp3) is 0.389. The number of ether oxygens (including phenoxy) is 1. The number of anilines is 1. The molecule has 1 fully saturated rings. The Morgan fingerprint density at radius 2 is 2.04 bits per heavy atom. The highest BCUT2D eigenvalue weighted by Gasteiger charge is 2.16. The summed E-state index contributed by atoms with van der Waals surface area (Å²) in [4.78, 5) is 9.23. The molecule has 0 saturated carbocycles. The number of aromatic hydroxyl groups is 1. The second kappa shape index (κ2) is 7.33. The number of phenols is 1. The second-order valence-electron chi connectivity index (χ2n) is 5.81. The summed E-state index contributed by atoms with van der Waals surface area (Å²) < 4.78 is 5.19. The lowest BCUT2D eigenvalue weighted by Crippen LogP contribution is -2.30. The van der Waals surface area contributed by atoms with Crippen LogP contribution in [-0.4, -0.2) is 48.3 Å². The average molecular weight is 313 g/mol. The number of nitrogens with zero attached hydrogens (tertiary/aromatic N) is 3. The normalized spacial score (nSPS) is 16.1. The van der Waals surface area contributed by atoms with E-state index in [1.165, 1.54) is 0 Å². The zero-order chi connectivity index (χ0) is 16.1. The molecular formula is C18H23N3O2.